The van der Waals surface area contributed by atoms with E-state index in [0.29, 0.717) is 51.4 Å². The highest BCUT2D eigenvalue weighted by molar-refractivity contribution is 7.45. The van der Waals surface area contributed by atoms with Crippen molar-refractivity contribution in [3.05, 3.63) is 11.6 Å². The van der Waals surface area contributed by atoms with Gasteiger partial charge in [0.2, 0.25) is 0 Å². The Morgan fingerprint density at radius 3 is 2.28 bits per heavy atom. The molecule has 2 unspecified atom stereocenters. The monoisotopic (exact) mass is 786 g/mol. The quantitative estimate of drug-likeness (QED) is 0.0555. The summed E-state index contributed by atoms with van der Waals surface area (Å²) in [5.74, 6) is 4.94. The lowest BCUT2D eigenvalue weighted by molar-refractivity contribution is -0.230. The molecular formula is C41H73NO11P-. The van der Waals surface area contributed by atoms with E-state index in [1.54, 1.807) is 5.57 Å². The number of alkyl carbamates (subject to hydrolysis) is 1. The van der Waals surface area contributed by atoms with Crippen LogP contribution in [0, 0.1) is 46.3 Å². The molecule has 0 aromatic heterocycles. The first kappa shape index (κ1) is 45.6. The molecule has 13 heteroatoms. The van der Waals surface area contributed by atoms with Gasteiger partial charge in [-0.15, -0.1) is 0 Å². The van der Waals surface area contributed by atoms with E-state index in [0.717, 1.165) is 61.9 Å². The van der Waals surface area contributed by atoms with E-state index < -0.39 is 20.5 Å². The van der Waals surface area contributed by atoms with E-state index in [-0.39, 0.29) is 37.4 Å². The lowest BCUT2D eigenvalue weighted by Crippen LogP contribution is -2.51. The Balaban J connectivity index is 1.03. The van der Waals surface area contributed by atoms with Crippen LogP contribution >= 0.6 is 7.82 Å². The van der Waals surface area contributed by atoms with Crippen LogP contribution in [0.4, 0.5) is 4.79 Å². The number of aliphatic hydroxyl groups excluding tert-OH is 1. The Morgan fingerprint density at radius 1 is 0.926 bits per heavy atom. The van der Waals surface area contributed by atoms with Crippen molar-refractivity contribution < 1.29 is 52.1 Å². The predicted molar refractivity (Wildman–Crippen MR) is 206 cm³/mol. The number of rotatable bonds is 25. The second kappa shape index (κ2) is 22.2. The first-order chi connectivity index (χ1) is 25.8. The van der Waals surface area contributed by atoms with Crippen molar-refractivity contribution >= 4 is 13.9 Å². The van der Waals surface area contributed by atoms with Crippen molar-refractivity contribution in [2.45, 2.75) is 124 Å². The van der Waals surface area contributed by atoms with Gasteiger partial charge in [0.1, 0.15) is 12.2 Å². The fourth-order valence-electron chi connectivity index (χ4n) is 10.5. The maximum Gasteiger partial charge on any atom is 0.407 e. The zero-order valence-electron chi connectivity index (χ0n) is 34.2. The van der Waals surface area contributed by atoms with Crippen molar-refractivity contribution in [3.63, 3.8) is 0 Å². The largest absolute Gasteiger partial charge is 0.756 e. The van der Waals surface area contributed by atoms with Gasteiger partial charge in [0.15, 0.2) is 0 Å². The average Bonchev–Trinajstić information content (AvgIpc) is 3.50. The van der Waals surface area contributed by atoms with Crippen molar-refractivity contribution in [2.75, 3.05) is 73.1 Å². The van der Waals surface area contributed by atoms with Crippen molar-refractivity contribution in [3.8, 4) is 0 Å². The van der Waals surface area contributed by atoms with Crippen LogP contribution in [-0.2, 0) is 37.3 Å². The summed E-state index contributed by atoms with van der Waals surface area (Å²) in [5, 5.41) is 12.1. The average molecular weight is 787 g/mol. The van der Waals surface area contributed by atoms with Crippen LogP contribution in [0.25, 0.3) is 0 Å². The molecule has 0 aliphatic heterocycles. The van der Waals surface area contributed by atoms with Gasteiger partial charge in [-0.1, -0.05) is 65.5 Å². The van der Waals surface area contributed by atoms with E-state index in [4.69, 9.17) is 23.7 Å². The van der Waals surface area contributed by atoms with E-state index >= 15 is 0 Å². The number of ether oxygens (including phenoxy) is 5. The lowest BCUT2D eigenvalue weighted by Gasteiger charge is -2.58. The number of amides is 1. The summed E-state index contributed by atoms with van der Waals surface area (Å²) in [6, 6.07) is 0. The zero-order valence-corrected chi connectivity index (χ0v) is 35.1. The standard InChI is InChI=1S/C41H74NO11P/c1-30(2)9-7-10-31(3)36-13-14-37-35-12-11-32-27-33(15-17-40(32,4)38(35)16-18-41(36,37)5)52-39(44)42-19-8-20-48-21-22-49-23-24-50-25-26-51-29-34(28-43)53-54(45,46)47-6/h11,30-31,33-38,43H,7-10,12-29H2,1-6H3,(H,42,44)(H,45,46)/p-1/t31-,33+,34?,35+,36-,37+,38+,40+,41-/m1/s1. The molecule has 0 saturated heterocycles. The number of carbonyl (C=O) groups excluding carboxylic acids is 1. The van der Waals surface area contributed by atoms with Crippen LogP contribution in [0.15, 0.2) is 11.6 Å². The van der Waals surface area contributed by atoms with Crippen LogP contribution in [0.3, 0.4) is 0 Å². The minimum Gasteiger partial charge on any atom is -0.756 e. The molecule has 10 atom stereocenters. The SMILES string of the molecule is COP(=O)([O-])OC(CO)COCCOCCOCCOCCCNC(=O)O[C@H]1CC[C@@]2(C)C(=CC[C@H]3[C@@H]4CC[C@H]([C@H](C)CCCC(C)C)[C@@]4(C)CC[C@@H]32)C1. The third-order valence-electron chi connectivity index (χ3n) is 13.4. The Hall–Kier alpha value is -1.08. The van der Waals surface area contributed by atoms with Gasteiger partial charge in [-0.2, -0.15) is 0 Å². The fourth-order valence-corrected chi connectivity index (χ4v) is 11.1. The summed E-state index contributed by atoms with van der Waals surface area (Å²) in [6.07, 6.45) is 15.7. The molecule has 1 amide bonds. The molecule has 0 aromatic carbocycles. The normalized spacial score (nSPS) is 31.5. The molecule has 0 radical (unpaired) electrons. The summed E-state index contributed by atoms with van der Waals surface area (Å²) in [6.45, 7) is 14.9. The second-order valence-corrected chi connectivity index (χ2v) is 18.8. The first-order valence-electron chi connectivity index (χ1n) is 20.9. The maximum absolute atomic E-state index is 12.7. The first-order valence-corrected chi connectivity index (χ1v) is 22.4. The minimum atomic E-state index is -4.43. The predicted octanol–water partition coefficient (Wildman–Crippen LogP) is 7.07. The topological polar surface area (TPSA) is 154 Å². The van der Waals surface area contributed by atoms with E-state index in [2.05, 4.69) is 55.1 Å². The Bertz CT molecular complexity index is 1200. The Kier molecular flexibility index (Phi) is 18.7. The van der Waals surface area contributed by atoms with Crippen LogP contribution < -0.4 is 10.2 Å². The number of nitrogens with one attached hydrogen (secondary N) is 1. The fraction of sp³-hybridized carbons (Fsp3) is 0.927. The van der Waals surface area contributed by atoms with E-state index in [1.165, 1.54) is 51.4 Å². The van der Waals surface area contributed by atoms with Crippen molar-refractivity contribution in [1.29, 1.82) is 0 Å². The second-order valence-electron chi connectivity index (χ2n) is 17.3. The van der Waals surface area contributed by atoms with Gasteiger partial charge in [0, 0.05) is 26.7 Å². The summed E-state index contributed by atoms with van der Waals surface area (Å²) in [5.41, 5.74) is 2.29. The molecule has 2 N–H and O–H groups in total. The molecule has 0 aromatic rings. The molecule has 12 nitrogen and oxygen atoms in total. The maximum atomic E-state index is 12.7. The van der Waals surface area contributed by atoms with Gasteiger partial charge in [-0.3, -0.25) is 4.57 Å². The third-order valence-corrected chi connectivity index (χ3v) is 14.4. The van der Waals surface area contributed by atoms with Crippen LogP contribution in [0.2, 0.25) is 0 Å². The highest BCUT2D eigenvalue weighted by atomic mass is 31.2. The Morgan fingerprint density at radius 2 is 1.61 bits per heavy atom. The summed E-state index contributed by atoms with van der Waals surface area (Å²) in [7, 11) is -3.45. The van der Waals surface area contributed by atoms with Crippen molar-refractivity contribution in [2.24, 2.45) is 46.3 Å². The molecular weight excluding hydrogens is 713 g/mol. The Labute approximate surface area is 325 Å². The van der Waals surface area contributed by atoms with Gasteiger partial charge in [0.05, 0.1) is 52.9 Å². The van der Waals surface area contributed by atoms with Gasteiger partial charge in [-0.05, 0) is 97.7 Å². The third kappa shape index (κ3) is 13.0. The summed E-state index contributed by atoms with van der Waals surface area (Å²) in [4.78, 5) is 24.0. The van der Waals surface area contributed by atoms with Gasteiger partial charge in [-0.25, -0.2) is 4.79 Å². The number of allylic oxidation sites excluding steroid dienone is 1. The van der Waals surface area contributed by atoms with Crippen LogP contribution in [-0.4, -0.2) is 96.5 Å². The van der Waals surface area contributed by atoms with Crippen molar-refractivity contribution in [1.82, 2.24) is 5.32 Å². The zero-order chi connectivity index (χ0) is 39.2. The van der Waals surface area contributed by atoms with E-state index in [9.17, 15) is 19.4 Å². The van der Waals surface area contributed by atoms with Crippen LogP contribution in [0.1, 0.15) is 112 Å². The molecule has 4 rings (SSSR count). The van der Waals surface area contributed by atoms with Gasteiger partial charge >= 0.3 is 6.09 Å². The number of phosphoric acid groups is 1. The minimum absolute atomic E-state index is 0.0529. The number of fused-ring (bicyclic) bond motifs is 5. The summed E-state index contributed by atoms with van der Waals surface area (Å²) < 4.78 is 47.9. The molecule has 314 valence electrons. The molecule has 0 bridgehead atoms. The molecule has 3 saturated carbocycles. The number of hydrogen-bond donors (Lipinski definition) is 2. The smallest absolute Gasteiger partial charge is 0.407 e. The highest BCUT2D eigenvalue weighted by Crippen LogP contribution is 2.67. The molecule has 4 aliphatic rings. The molecule has 0 heterocycles. The van der Waals surface area contributed by atoms with Gasteiger partial charge in [0.25, 0.3) is 7.82 Å². The summed E-state index contributed by atoms with van der Waals surface area (Å²) >= 11 is 0. The molecule has 0 spiro atoms. The van der Waals surface area contributed by atoms with Gasteiger partial charge < -0.3 is 48.0 Å². The number of hydrogen-bond acceptors (Lipinski definition) is 11. The highest BCUT2D eigenvalue weighted by Gasteiger charge is 2.59. The molecule has 4 aliphatic carbocycles. The van der Waals surface area contributed by atoms with Crippen LogP contribution in [0.5, 0.6) is 0 Å². The lowest BCUT2D eigenvalue weighted by atomic mass is 9.47. The molecule has 54 heavy (non-hydrogen) atoms. The number of carbonyl (C=O) groups is 1. The number of aliphatic hydroxyl groups is 1. The number of phosphoric ester groups is 1. The molecule has 3 fully saturated rings. The van der Waals surface area contributed by atoms with E-state index in [1.807, 2.05) is 0 Å².